The minimum atomic E-state index is -1.16. The molecule has 6 rings (SSSR count). The first-order valence-corrected chi connectivity index (χ1v) is 22.5. The molecule has 20 heteroatoms. The van der Waals surface area contributed by atoms with Crippen molar-refractivity contribution in [1.82, 2.24) is 45.1 Å². The van der Waals surface area contributed by atoms with Crippen molar-refractivity contribution < 1.29 is 33.8 Å². The van der Waals surface area contributed by atoms with Gasteiger partial charge in [-0.1, -0.05) is 45.4 Å². The van der Waals surface area contributed by atoms with Gasteiger partial charge in [-0.15, -0.1) is 0 Å². The molecule has 0 saturated carbocycles. The number of pyridine rings is 1. The number of anilines is 3. The molecule has 1 atom stereocenters. The SMILES string of the molecule is CCCCc1nc2c(N)nc3ccccc3c2n1CC(C)(C)COCCNC(=O)CCOCCCNC(=O)CCC(CC(=O)c1ccc(NCc2cnc3nc(N)[nH]c(=O)c3n2)cc1)C(=O)O. The molecular formula is C47H60N12O8. The number of fused-ring (bicyclic) bond motifs is 4. The summed E-state index contributed by atoms with van der Waals surface area (Å²) in [5.74, 6) is -1.70. The lowest BCUT2D eigenvalue weighted by Crippen LogP contribution is -2.31. The molecule has 1 unspecified atom stereocenters. The molecule has 4 heterocycles. The van der Waals surface area contributed by atoms with Gasteiger partial charge in [0.05, 0.1) is 55.2 Å². The van der Waals surface area contributed by atoms with Gasteiger partial charge in [-0.3, -0.25) is 29.0 Å². The minimum Gasteiger partial charge on any atom is -0.481 e. The number of carbonyl (C=O) groups excluding carboxylic acids is 3. The number of benzene rings is 2. The van der Waals surface area contributed by atoms with Crippen LogP contribution in [0.2, 0.25) is 0 Å². The first kappa shape index (κ1) is 49.4. The number of Topliss-reactive ketones (excluding diaryl/α,β-unsaturated/α-hetero) is 1. The molecule has 4 aromatic heterocycles. The number of ketones is 1. The smallest absolute Gasteiger partial charge is 0.306 e. The quantitative estimate of drug-likeness (QED) is 0.0275. The lowest BCUT2D eigenvalue weighted by molar-refractivity contribution is -0.142. The topological polar surface area (TPSA) is 297 Å². The zero-order valence-electron chi connectivity index (χ0n) is 38.2. The van der Waals surface area contributed by atoms with Gasteiger partial charge in [0.1, 0.15) is 11.3 Å². The lowest BCUT2D eigenvalue weighted by Gasteiger charge is -2.27. The van der Waals surface area contributed by atoms with E-state index in [0.717, 1.165) is 47.0 Å². The number of nitrogens with zero attached hydrogens (tertiary/aromatic N) is 6. The van der Waals surface area contributed by atoms with Crippen molar-refractivity contribution in [3.8, 4) is 0 Å². The maximum absolute atomic E-state index is 13.0. The fourth-order valence-electron chi connectivity index (χ4n) is 7.51. The Morgan fingerprint density at radius 3 is 2.42 bits per heavy atom. The normalized spacial score (nSPS) is 12.1. The van der Waals surface area contributed by atoms with E-state index < -0.39 is 17.4 Å². The van der Waals surface area contributed by atoms with Gasteiger partial charge in [0.25, 0.3) is 5.56 Å². The fourth-order valence-corrected chi connectivity index (χ4v) is 7.51. The highest BCUT2D eigenvalue weighted by Gasteiger charge is 2.26. The second-order valence-corrected chi connectivity index (χ2v) is 17.2. The fraction of sp³-hybridized carbons (Fsp3) is 0.447. The number of para-hydroxylation sites is 1. The number of amides is 2. The van der Waals surface area contributed by atoms with Crippen molar-refractivity contribution in [2.75, 3.05) is 56.3 Å². The Labute approximate surface area is 387 Å². The average molecular weight is 921 g/mol. The van der Waals surface area contributed by atoms with Gasteiger partial charge in [0, 0.05) is 74.0 Å². The van der Waals surface area contributed by atoms with E-state index in [4.69, 9.17) is 25.9 Å². The summed E-state index contributed by atoms with van der Waals surface area (Å²) in [6.45, 7) is 9.39. The molecule has 0 saturated heterocycles. The Balaban J connectivity index is 0.815. The van der Waals surface area contributed by atoms with Gasteiger partial charge in [-0.2, -0.15) is 4.98 Å². The Morgan fingerprint density at radius 2 is 1.64 bits per heavy atom. The van der Waals surface area contributed by atoms with Gasteiger partial charge in [0.2, 0.25) is 17.8 Å². The van der Waals surface area contributed by atoms with Gasteiger partial charge < -0.3 is 46.6 Å². The predicted molar refractivity (Wildman–Crippen MR) is 254 cm³/mol. The maximum Gasteiger partial charge on any atom is 0.306 e. The molecule has 9 N–H and O–H groups in total. The summed E-state index contributed by atoms with van der Waals surface area (Å²) >= 11 is 0. The third kappa shape index (κ3) is 14.0. The van der Waals surface area contributed by atoms with E-state index in [0.29, 0.717) is 68.6 Å². The summed E-state index contributed by atoms with van der Waals surface area (Å²) < 4.78 is 13.9. The number of unbranched alkanes of at least 4 members (excludes halogenated alkanes) is 1. The average Bonchev–Trinajstić information content (AvgIpc) is 3.66. The van der Waals surface area contributed by atoms with E-state index in [1.165, 1.54) is 6.20 Å². The molecule has 67 heavy (non-hydrogen) atoms. The number of aliphatic carboxylic acids is 1. The summed E-state index contributed by atoms with van der Waals surface area (Å²) in [5.41, 5.74) is 15.4. The number of hydrogen-bond donors (Lipinski definition) is 7. The van der Waals surface area contributed by atoms with Crippen LogP contribution in [0.4, 0.5) is 17.5 Å². The number of nitrogen functional groups attached to an aromatic ring is 2. The molecule has 6 aromatic rings. The number of rotatable bonds is 27. The summed E-state index contributed by atoms with van der Waals surface area (Å²) in [5, 5.41) is 19.5. The molecule has 0 bridgehead atoms. The molecule has 0 radical (unpaired) electrons. The number of aryl methyl sites for hydroxylation is 1. The number of ether oxygens (including phenoxy) is 2. The van der Waals surface area contributed by atoms with E-state index in [1.54, 1.807) is 24.3 Å². The number of aromatic nitrogens is 7. The molecule has 0 aliphatic carbocycles. The number of carbonyl (C=O) groups is 4. The molecule has 20 nitrogen and oxygen atoms in total. The third-order valence-corrected chi connectivity index (χ3v) is 11.0. The Kier molecular flexibility index (Phi) is 17.3. The highest BCUT2D eigenvalue weighted by molar-refractivity contribution is 6.06. The second kappa shape index (κ2) is 23.4. The largest absolute Gasteiger partial charge is 0.481 e. The van der Waals surface area contributed by atoms with Crippen molar-refractivity contribution in [3.63, 3.8) is 0 Å². The standard InChI is InChI=1S/C47H60N12O8/c1-4-5-11-36-56-39-41(33-9-6-7-10-34(33)55-42(39)48)59(36)27-47(2,3)28-67-23-20-51-38(62)18-22-66-21-8-19-50-37(61)17-14-30(45(64)65)24-35(60)29-12-15-31(16-13-29)52-25-32-26-53-43-40(54-32)44(63)58-46(49)57-43/h6-7,9-10,12-13,15-16,26,30,52H,4-5,8,11,14,17-25,27-28H2,1-3H3,(H2,48,55)(H,50,61)(H,51,62)(H,64,65)(H3,49,53,57,58,63). The molecule has 0 aliphatic rings. The Bertz CT molecular complexity index is 2740. The molecule has 0 aliphatic heterocycles. The highest BCUT2D eigenvalue weighted by atomic mass is 16.5. The van der Waals surface area contributed by atoms with Crippen molar-refractivity contribution >= 4 is 74.1 Å². The number of hydrogen-bond acceptors (Lipinski definition) is 15. The van der Waals surface area contributed by atoms with Crippen LogP contribution in [-0.4, -0.2) is 103 Å². The molecule has 2 aromatic carbocycles. The van der Waals surface area contributed by atoms with Crippen LogP contribution in [0.3, 0.4) is 0 Å². The molecular weight excluding hydrogens is 861 g/mol. The Morgan fingerprint density at radius 1 is 0.881 bits per heavy atom. The minimum absolute atomic E-state index is 0.00669. The van der Waals surface area contributed by atoms with Gasteiger partial charge in [-0.25, -0.2) is 19.9 Å². The van der Waals surface area contributed by atoms with E-state index in [9.17, 15) is 29.1 Å². The molecule has 356 valence electrons. The van der Waals surface area contributed by atoms with Crippen LogP contribution < -0.4 is 33.0 Å². The van der Waals surface area contributed by atoms with E-state index in [2.05, 4.69) is 72.3 Å². The van der Waals surface area contributed by atoms with E-state index in [1.807, 2.05) is 18.2 Å². The van der Waals surface area contributed by atoms with Crippen molar-refractivity contribution in [3.05, 3.63) is 82.2 Å². The zero-order chi connectivity index (χ0) is 47.9. The maximum atomic E-state index is 13.0. The molecule has 0 spiro atoms. The Hall–Kier alpha value is -7.06. The number of H-pyrrole nitrogens is 1. The predicted octanol–water partition coefficient (Wildman–Crippen LogP) is 4.56. The number of aromatic amines is 1. The lowest BCUT2D eigenvalue weighted by atomic mass is 9.94. The van der Waals surface area contributed by atoms with Crippen LogP contribution in [-0.2, 0) is 43.4 Å². The van der Waals surface area contributed by atoms with E-state index >= 15 is 0 Å². The first-order valence-electron chi connectivity index (χ1n) is 22.5. The second-order valence-electron chi connectivity index (χ2n) is 17.2. The molecule has 0 fully saturated rings. The molecule has 2 amide bonds. The number of nitrogens with two attached hydrogens (primary N) is 2. The summed E-state index contributed by atoms with van der Waals surface area (Å²) in [6.07, 6.45) is 4.71. The van der Waals surface area contributed by atoms with Crippen molar-refractivity contribution in [1.29, 1.82) is 0 Å². The first-order chi connectivity index (χ1) is 32.2. The van der Waals surface area contributed by atoms with Crippen LogP contribution in [0.25, 0.3) is 33.1 Å². The summed E-state index contributed by atoms with van der Waals surface area (Å²) in [7, 11) is 0. The number of carboxylic acids is 1. The van der Waals surface area contributed by atoms with Crippen LogP contribution in [0.1, 0.15) is 87.6 Å². The van der Waals surface area contributed by atoms with Crippen LogP contribution in [0.15, 0.2) is 59.5 Å². The van der Waals surface area contributed by atoms with Gasteiger partial charge >= 0.3 is 5.97 Å². The van der Waals surface area contributed by atoms with Gasteiger partial charge in [0.15, 0.2) is 22.8 Å². The zero-order valence-corrected chi connectivity index (χ0v) is 38.2. The van der Waals surface area contributed by atoms with Gasteiger partial charge in [-0.05, 0) is 49.6 Å². The van der Waals surface area contributed by atoms with Crippen molar-refractivity contribution in [2.24, 2.45) is 11.3 Å². The monoisotopic (exact) mass is 920 g/mol. The van der Waals surface area contributed by atoms with Crippen LogP contribution in [0.5, 0.6) is 0 Å². The number of carboxylic acid groups (broad SMARTS) is 1. The van der Waals surface area contributed by atoms with Crippen molar-refractivity contribution in [2.45, 2.75) is 85.2 Å². The highest BCUT2D eigenvalue weighted by Crippen LogP contribution is 2.32. The number of nitrogens with one attached hydrogen (secondary N) is 4. The summed E-state index contributed by atoms with van der Waals surface area (Å²) in [4.78, 5) is 86.2. The van der Waals surface area contributed by atoms with Crippen LogP contribution in [0, 0.1) is 11.3 Å². The van der Waals surface area contributed by atoms with Crippen LogP contribution >= 0.6 is 0 Å². The van der Waals surface area contributed by atoms with E-state index in [-0.39, 0.29) is 79.0 Å². The summed E-state index contributed by atoms with van der Waals surface area (Å²) in [6, 6.07) is 14.5. The third-order valence-electron chi connectivity index (χ3n) is 11.0. The number of imidazole rings is 1.